The van der Waals surface area contributed by atoms with Crippen LogP contribution in [0.5, 0.6) is 0 Å². The number of hydrogen-bond donors (Lipinski definition) is 4. The number of carboxylic acid groups (broad SMARTS) is 1. The minimum Gasteiger partial charge on any atom is -0.481 e. The van der Waals surface area contributed by atoms with Crippen molar-refractivity contribution in [3.8, 4) is 0 Å². The number of hydrogen-bond acceptors (Lipinski definition) is 8. The Kier molecular flexibility index (Phi) is 24.2. The first kappa shape index (κ1) is 33.7. The summed E-state index contributed by atoms with van der Waals surface area (Å²) in [6.07, 6.45) is 3.38. The van der Waals surface area contributed by atoms with Gasteiger partial charge < -0.3 is 40.0 Å². The summed E-state index contributed by atoms with van der Waals surface area (Å²) in [5.41, 5.74) is 0. The Bertz CT molecular complexity index is 591. The molecule has 12 heteroatoms. The molecule has 0 saturated heterocycles. The van der Waals surface area contributed by atoms with Crippen molar-refractivity contribution in [2.24, 2.45) is 0 Å². The zero-order chi connectivity index (χ0) is 26.7. The van der Waals surface area contributed by atoms with Crippen LogP contribution >= 0.6 is 0 Å². The molecule has 3 amide bonds. The Morgan fingerprint density at radius 2 is 1.00 bits per heavy atom. The highest BCUT2D eigenvalue weighted by Crippen LogP contribution is 1.99. The lowest BCUT2D eigenvalue weighted by atomic mass is 10.2. The van der Waals surface area contributed by atoms with Crippen molar-refractivity contribution in [2.75, 3.05) is 72.5 Å². The molecule has 0 aromatic rings. The number of carboxylic acids is 1. The summed E-state index contributed by atoms with van der Waals surface area (Å²) in [6, 6.07) is 0. The second kappa shape index (κ2) is 25.8. The first-order chi connectivity index (χ1) is 17.5. The van der Waals surface area contributed by atoms with Crippen LogP contribution in [-0.4, -0.2) is 101 Å². The highest BCUT2D eigenvalue weighted by Gasteiger charge is 2.06. The fourth-order valence-corrected chi connectivity index (χ4v) is 2.85. The molecule has 0 unspecified atom stereocenters. The van der Waals surface area contributed by atoms with Gasteiger partial charge in [-0.05, 0) is 26.2 Å². The maximum atomic E-state index is 11.8. The van der Waals surface area contributed by atoms with E-state index in [-0.39, 0.29) is 50.0 Å². The SMILES string of the molecule is CCOCCOCCOCCOCCC(=O)NCCNC(=O)CCCC(=O)NCCCCCC(=O)O. The van der Waals surface area contributed by atoms with Crippen molar-refractivity contribution in [3.63, 3.8) is 0 Å². The lowest BCUT2D eigenvalue weighted by Gasteiger charge is -2.08. The lowest BCUT2D eigenvalue weighted by molar-refractivity contribution is -0.137. The number of rotatable bonds is 26. The molecule has 0 aliphatic rings. The fraction of sp³-hybridized carbons (Fsp3) is 0.833. The molecule has 4 N–H and O–H groups in total. The molecule has 0 rings (SSSR count). The molecular formula is C24H45N3O9. The van der Waals surface area contributed by atoms with Crippen LogP contribution in [0.25, 0.3) is 0 Å². The van der Waals surface area contributed by atoms with Gasteiger partial charge in [0.2, 0.25) is 17.7 Å². The average Bonchev–Trinajstić information content (AvgIpc) is 2.84. The number of nitrogens with one attached hydrogen (secondary N) is 3. The molecule has 210 valence electrons. The van der Waals surface area contributed by atoms with Gasteiger partial charge in [-0.3, -0.25) is 19.2 Å². The predicted molar refractivity (Wildman–Crippen MR) is 133 cm³/mol. The van der Waals surface area contributed by atoms with Crippen LogP contribution in [0.15, 0.2) is 0 Å². The number of unbranched alkanes of at least 4 members (excludes halogenated alkanes) is 2. The van der Waals surface area contributed by atoms with Gasteiger partial charge in [-0.2, -0.15) is 0 Å². The minimum absolute atomic E-state index is 0.121. The maximum absolute atomic E-state index is 11.8. The molecule has 12 nitrogen and oxygen atoms in total. The van der Waals surface area contributed by atoms with E-state index in [9.17, 15) is 19.2 Å². The molecule has 0 radical (unpaired) electrons. The van der Waals surface area contributed by atoms with Crippen LogP contribution in [0.3, 0.4) is 0 Å². The Balaban J connectivity index is 3.41. The molecule has 0 fully saturated rings. The first-order valence-corrected chi connectivity index (χ1v) is 12.8. The number of carbonyl (C=O) groups excluding carboxylic acids is 3. The summed E-state index contributed by atoms with van der Waals surface area (Å²) in [5, 5.41) is 16.7. The van der Waals surface area contributed by atoms with Crippen LogP contribution in [0.4, 0.5) is 0 Å². The molecular weight excluding hydrogens is 474 g/mol. The molecule has 0 aromatic heterocycles. The normalized spacial score (nSPS) is 10.7. The van der Waals surface area contributed by atoms with E-state index in [0.29, 0.717) is 78.7 Å². The molecule has 0 aliphatic carbocycles. The fourth-order valence-electron chi connectivity index (χ4n) is 2.85. The third-order valence-corrected chi connectivity index (χ3v) is 4.76. The Hall–Kier alpha value is -2.28. The number of amides is 3. The summed E-state index contributed by atoms with van der Waals surface area (Å²) in [5.74, 6) is -1.26. The number of ether oxygens (including phenoxy) is 4. The van der Waals surface area contributed by atoms with Crippen molar-refractivity contribution in [1.82, 2.24) is 16.0 Å². The van der Waals surface area contributed by atoms with E-state index < -0.39 is 5.97 Å². The van der Waals surface area contributed by atoms with Crippen LogP contribution in [0, 0.1) is 0 Å². The second-order valence-electron chi connectivity index (χ2n) is 7.89. The standard InChI is InChI=1S/C24H45N3O9/c1-2-33-15-16-35-19-20-36-18-17-34-14-10-23(30)27-13-12-26-22(29)8-6-7-21(28)25-11-5-3-4-9-24(31)32/h2-20H2,1H3,(H,25,28)(H,26,29)(H,27,30)(H,31,32). The van der Waals surface area contributed by atoms with Gasteiger partial charge in [0.05, 0.1) is 46.2 Å². The average molecular weight is 520 g/mol. The first-order valence-electron chi connectivity index (χ1n) is 12.8. The van der Waals surface area contributed by atoms with Gasteiger partial charge in [0, 0.05) is 51.9 Å². The van der Waals surface area contributed by atoms with Crippen LogP contribution in [0.1, 0.15) is 58.3 Å². The monoisotopic (exact) mass is 519 g/mol. The molecule has 0 atom stereocenters. The zero-order valence-corrected chi connectivity index (χ0v) is 21.6. The molecule has 36 heavy (non-hydrogen) atoms. The third kappa shape index (κ3) is 26.3. The molecule has 0 aromatic carbocycles. The Morgan fingerprint density at radius 3 is 1.53 bits per heavy atom. The van der Waals surface area contributed by atoms with Crippen molar-refractivity contribution >= 4 is 23.7 Å². The van der Waals surface area contributed by atoms with E-state index >= 15 is 0 Å². The third-order valence-electron chi connectivity index (χ3n) is 4.76. The molecule has 0 aliphatic heterocycles. The van der Waals surface area contributed by atoms with Gasteiger partial charge >= 0.3 is 5.97 Å². The van der Waals surface area contributed by atoms with E-state index in [2.05, 4.69) is 16.0 Å². The minimum atomic E-state index is -0.811. The van der Waals surface area contributed by atoms with Crippen molar-refractivity contribution in [3.05, 3.63) is 0 Å². The van der Waals surface area contributed by atoms with Gasteiger partial charge in [-0.15, -0.1) is 0 Å². The van der Waals surface area contributed by atoms with Crippen molar-refractivity contribution in [2.45, 2.75) is 58.3 Å². The van der Waals surface area contributed by atoms with E-state index in [1.54, 1.807) is 0 Å². The van der Waals surface area contributed by atoms with Crippen LogP contribution < -0.4 is 16.0 Å². The van der Waals surface area contributed by atoms with Gasteiger partial charge in [-0.1, -0.05) is 6.42 Å². The van der Waals surface area contributed by atoms with E-state index in [1.165, 1.54) is 0 Å². The van der Waals surface area contributed by atoms with Gasteiger partial charge in [0.1, 0.15) is 0 Å². The van der Waals surface area contributed by atoms with Crippen LogP contribution in [0.2, 0.25) is 0 Å². The number of carbonyl (C=O) groups is 4. The predicted octanol–water partition coefficient (Wildman–Crippen LogP) is 0.627. The topological polar surface area (TPSA) is 162 Å². The molecule has 0 bridgehead atoms. The summed E-state index contributed by atoms with van der Waals surface area (Å²) in [6.45, 7) is 6.97. The van der Waals surface area contributed by atoms with Gasteiger partial charge in [0.15, 0.2) is 0 Å². The van der Waals surface area contributed by atoms with E-state index in [1.807, 2.05) is 6.92 Å². The van der Waals surface area contributed by atoms with Gasteiger partial charge in [-0.25, -0.2) is 0 Å². The quantitative estimate of drug-likeness (QED) is 0.120. The smallest absolute Gasteiger partial charge is 0.303 e. The summed E-state index contributed by atoms with van der Waals surface area (Å²) in [4.78, 5) is 45.7. The Labute approximate surface area is 214 Å². The van der Waals surface area contributed by atoms with E-state index in [4.69, 9.17) is 24.1 Å². The molecule has 0 spiro atoms. The highest BCUT2D eigenvalue weighted by molar-refractivity contribution is 5.79. The van der Waals surface area contributed by atoms with E-state index in [0.717, 1.165) is 12.8 Å². The number of aliphatic carboxylic acids is 1. The van der Waals surface area contributed by atoms with Gasteiger partial charge in [0.25, 0.3) is 0 Å². The van der Waals surface area contributed by atoms with Crippen LogP contribution in [-0.2, 0) is 38.1 Å². The molecule has 0 saturated carbocycles. The zero-order valence-electron chi connectivity index (χ0n) is 21.6. The molecule has 0 heterocycles. The summed E-state index contributed by atoms with van der Waals surface area (Å²) >= 11 is 0. The highest BCUT2D eigenvalue weighted by atomic mass is 16.6. The summed E-state index contributed by atoms with van der Waals surface area (Å²) < 4.78 is 21.2. The van der Waals surface area contributed by atoms with Crippen molar-refractivity contribution < 1.29 is 43.2 Å². The maximum Gasteiger partial charge on any atom is 0.303 e. The second-order valence-corrected chi connectivity index (χ2v) is 7.89. The van der Waals surface area contributed by atoms with Crippen molar-refractivity contribution in [1.29, 1.82) is 0 Å². The summed E-state index contributed by atoms with van der Waals surface area (Å²) in [7, 11) is 0. The Morgan fingerprint density at radius 1 is 0.528 bits per heavy atom. The largest absolute Gasteiger partial charge is 0.481 e. The lowest BCUT2D eigenvalue weighted by Crippen LogP contribution is -2.35.